The minimum absolute atomic E-state index is 0.103. The molecule has 3 heterocycles. The van der Waals surface area contributed by atoms with Crippen LogP contribution in [0.1, 0.15) is 40.3 Å². The zero-order valence-electron chi connectivity index (χ0n) is 19.8. The fraction of sp³-hybridized carbons (Fsp3) is 0.143. The lowest BCUT2D eigenvalue weighted by Crippen LogP contribution is -2.33. The molecule has 0 radical (unpaired) electrons. The Morgan fingerprint density at radius 1 is 0.973 bits per heavy atom. The van der Waals surface area contributed by atoms with Crippen LogP contribution >= 0.6 is 12.2 Å². The molecule has 2 aromatic heterocycles. The molecule has 4 aromatic rings. The summed E-state index contributed by atoms with van der Waals surface area (Å²) >= 11 is 5.74. The smallest absolute Gasteiger partial charge is 0.335 e. The summed E-state index contributed by atoms with van der Waals surface area (Å²) in [5.41, 5.74) is 3.56. The van der Waals surface area contributed by atoms with E-state index < -0.39 is 5.97 Å². The molecule has 3 N–H and O–H groups in total. The Hall–Kier alpha value is -4.50. The summed E-state index contributed by atoms with van der Waals surface area (Å²) in [6.45, 7) is 0.404. The molecular formula is C28H25N5O3S. The normalized spacial score (nSPS) is 16.9. The minimum atomic E-state index is -0.972. The van der Waals surface area contributed by atoms with E-state index in [-0.39, 0.29) is 30.0 Å². The lowest BCUT2D eigenvalue weighted by Gasteiger charge is -2.29. The second-order valence-corrected chi connectivity index (χ2v) is 9.03. The number of carboxylic acid groups (broad SMARTS) is 1. The maximum absolute atomic E-state index is 12.7. The zero-order chi connectivity index (χ0) is 25.8. The summed E-state index contributed by atoms with van der Waals surface area (Å²) < 4.78 is 2.01. The van der Waals surface area contributed by atoms with Gasteiger partial charge in [-0.25, -0.2) is 4.79 Å². The molecule has 9 heteroatoms. The van der Waals surface area contributed by atoms with E-state index in [0.717, 1.165) is 22.8 Å². The van der Waals surface area contributed by atoms with Crippen molar-refractivity contribution in [1.82, 2.24) is 19.8 Å². The third-order valence-corrected chi connectivity index (χ3v) is 6.66. The Morgan fingerprint density at radius 3 is 2.43 bits per heavy atom. The van der Waals surface area contributed by atoms with Gasteiger partial charge in [0.15, 0.2) is 5.11 Å². The van der Waals surface area contributed by atoms with Crippen LogP contribution in [0.25, 0.3) is 5.69 Å². The lowest BCUT2D eigenvalue weighted by atomic mass is 10.0. The van der Waals surface area contributed by atoms with Gasteiger partial charge in [-0.1, -0.05) is 24.3 Å². The molecule has 5 rings (SSSR count). The number of carbonyl (C=O) groups is 2. The number of aromatic carboxylic acids is 1. The van der Waals surface area contributed by atoms with Crippen molar-refractivity contribution in [3.63, 3.8) is 0 Å². The number of carboxylic acids is 1. The van der Waals surface area contributed by atoms with Gasteiger partial charge in [0.1, 0.15) is 0 Å². The third kappa shape index (κ3) is 5.22. The van der Waals surface area contributed by atoms with Gasteiger partial charge in [0.2, 0.25) is 5.91 Å². The number of para-hydroxylation sites is 1. The standard InChI is InChI=1S/C28H25N5O3S/c34-24(30-20-7-2-1-3-8-20)15-18-33-26(25(31-28(33)37)22-9-4-5-16-29-22)23-10-6-17-32(23)21-13-11-19(12-14-21)27(35)36/h1-14,16-17,25-26H,15,18H2,(H,30,34)(H,31,37)(H,35,36)/t25-,26+/m0/s1. The van der Waals surface area contributed by atoms with Crippen LogP contribution in [-0.4, -0.2) is 43.1 Å². The number of carbonyl (C=O) groups excluding carboxylic acids is 1. The van der Waals surface area contributed by atoms with Gasteiger partial charge in [0.05, 0.1) is 23.3 Å². The summed E-state index contributed by atoms with van der Waals surface area (Å²) in [5.74, 6) is -1.08. The third-order valence-electron chi connectivity index (χ3n) is 6.31. The van der Waals surface area contributed by atoms with Crippen molar-refractivity contribution in [3.05, 3.63) is 114 Å². The van der Waals surface area contributed by atoms with Crippen molar-refractivity contribution >= 4 is 34.9 Å². The summed E-state index contributed by atoms with van der Waals surface area (Å²) in [4.78, 5) is 30.6. The predicted octanol–water partition coefficient (Wildman–Crippen LogP) is 4.57. The van der Waals surface area contributed by atoms with E-state index in [2.05, 4.69) is 15.6 Å². The van der Waals surface area contributed by atoms with Crippen LogP contribution in [0.15, 0.2) is 97.3 Å². The lowest BCUT2D eigenvalue weighted by molar-refractivity contribution is -0.116. The van der Waals surface area contributed by atoms with E-state index in [4.69, 9.17) is 12.2 Å². The second kappa shape index (κ2) is 10.6. The Kier molecular flexibility index (Phi) is 6.96. The second-order valence-electron chi connectivity index (χ2n) is 8.64. The number of rotatable bonds is 8. The number of nitrogens with zero attached hydrogens (tertiary/aromatic N) is 3. The van der Waals surface area contributed by atoms with E-state index in [1.54, 1.807) is 30.5 Å². The molecule has 0 spiro atoms. The quantitative estimate of drug-likeness (QED) is 0.298. The number of amides is 1. The molecule has 0 aliphatic carbocycles. The molecule has 0 saturated carbocycles. The summed E-state index contributed by atoms with van der Waals surface area (Å²) in [6.07, 6.45) is 3.93. The molecular weight excluding hydrogens is 486 g/mol. The maximum atomic E-state index is 12.7. The fourth-order valence-corrected chi connectivity index (χ4v) is 4.90. The van der Waals surface area contributed by atoms with Crippen molar-refractivity contribution in [3.8, 4) is 5.69 Å². The highest BCUT2D eigenvalue weighted by Crippen LogP contribution is 2.39. The van der Waals surface area contributed by atoms with E-state index in [1.807, 2.05) is 76.3 Å². The maximum Gasteiger partial charge on any atom is 0.335 e. The van der Waals surface area contributed by atoms with Crippen molar-refractivity contribution in [2.24, 2.45) is 0 Å². The summed E-state index contributed by atoms with van der Waals surface area (Å²) in [6, 6.07) is 25.3. The topological polar surface area (TPSA) is 99.5 Å². The Bertz CT molecular complexity index is 1410. The number of nitrogens with one attached hydrogen (secondary N) is 2. The highest BCUT2D eigenvalue weighted by molar-refractivity contribution is 7.80. The number of aromatic nitrogens is 2. The van der Waals surface area contributed by atoms with E-state index in [0.29, 0.717) is 11.7 Å². The highest BCUT2D eigenvalue weighted by Gasteiger charge is 2.41. The average molecular weight is 512 g/mol. The van der Waals surface area contributed by atoms with Gasteiger partial charge in [-0.2, -0.15) is 0 Å². The monoisotopic (exact) mass is 511 g/mol. The molecule has 1 amide bonds. The zero-order valence-corrected chi connectivity index (χ0v) is 20.6. The molecule has 1 aliphatic rings. The molecule has 37 heavy (non-hydrogen) atoms. The fourth-order valence-electron chi connectivity index (χ4n) is 4.57. The number of thiocarbonyl (C=S) groups is 1. The van der Waals surface area contributed by atoms with Crippen LogP contribution in [-0.2, 0) is 4.79 Å². The van der Waals surface area contributed by atoms with Gasteiger partial charge in [0, 0.05) is 42.4 Å². The molecule has 186 valence electrons. The van der Waals surface area contributed by atoms with Crippen molar-refractivity contribution < 1.29 is 14.7 Å². The molecule has 2 aromatic carbocycles. The van der Waals surface area contributed by atoms with E-state index in [1.165, 1.54) is 0 Å². The van der Waals surface area contributed by atoms with Crippen molar-refractivity contribution in [2.75, 3.05) is 11.9 Å². The van der Waals surface area contributed by atoms with Crippen LogP contribution in [0, 0.1) is 0 Å². The number of benzene rings is 2. The first-order chi connectivity index (χ1) is 18.0. The first-order valence-electron chi connectivity index (χ1n) is 11.9. The van der Waals surface area contributed by atoms with Gasteiger partial charge >= 0.3 is 5.97 Å². The van der Waals surface area contributed by atoms with Gasteiger partial charge in [-0.15, -0.1) is 0 Å². The van der Waals surface area contributed by atoms with E-state index in [9.17, 15) is 14.7 Å². The summed E-state index contributed by atoms with van der Waals surface area (Å²) in [7, 11) is 0. The molecule has 1 saturated heterocycles. The molecule has 1 fully saturated rings. The SMILES string of the molecule is O=C(CCN1C(=S)N[C@@H](c2ccccn2)[C@H]1c1cccn1-c1ccc(C(=O)O)cc1)Nc1ccccc1. The van der Waals surface area contributed by atoms with Crippen molar-refractivity contribution in [2.45, 2.75) is 18.5 Å². The molecule has 0 bridgehead atoms. The largest absolute Gasteiger partial charge is 0.478 e. The Labute approximate surface area is 219 Å². The average Bonchev–Trinajstić information content (AvgIpc) is 3.52. The van der Waals surface area contributed by atoms with Crippen LogP contribution in [0.5, 0.6) is 0 Å². The highest BCUT2D eigenvalue weighted by atomic mass is 32.1. The summed E-state index contributed by atoms with van der Waals surface area (Å²) in [5, 5.41) is 16.2. The van der Waals surface area contributed by atoms with Crippen LogP contribution in [0.4, 0.5) is 5.69 Å². The van der Waals surface area contributed by atoms with Gasteiger partial charge in [-0.3, -0.25) is 9.78 Å². The first kappa shape index (κ1) is 24.2. The van der Waals surface area contributed by atoms with Crippen LogP contribution in [0.3, 0.4) is 0 Å². The Balaban J connectivity index is 1.45. The number of hydrogen-bond donors (Lipinski definition) is 3. The van der Waals surface area contributed by atoms with Gasteiger partial charge in [0.25, 0.3) is 0 Å². The molecule has 8 nitrogen and oxygen atoms in total. The minimum Gasteiger partial charge on any atom is -0.478 e. The molecule has 0 unspecified atom stereocenters. The number of hydrogen-bond acceptors (Lipinski definition) is 4. The van der Waals surface area contributed by atoms with Gasteiger partial charge < -0.3 is 25.2 Å². The molecule has 1 aliphatic heterocycles. The van der Waals surface area contributed by atoms with Crippen molar-refractivity contribution in [1.29, 1.82) is 0 Å². The number of anilines is 1. The molecule has 2 atom stereocenters. The number of pyridine rings is 1. The van der Waals surface area contributed by atoms with Crippen LogP contribution < -0.4 is 10.6 Å². The predicted molar refractivity (Wildman–Crippen MR) is 145 cm³/mol. The first-order valence-corrected chi connectivity index (χ1v) is 12.3. The Morgan fingerprint density at radius 2 is 1.73 bits per heavy atom. The van der Waals surface area contributed by atoms with E-state index >= 15 is 0 Å². The van der Waals surface area contributed by atoms with Gasteiger partial charge in [-0.05, 0) is 72.9 Å². The van der Waals surface area contributed by atoms with Crippen LogP contribution in [0.2, 0.25) is 0 Å².